The molecule has 2 saturated carbocycles. The number of carboxylic acid groups (broad SMARTS) is 1. The smallest absolute Gasteiger partial charge is 0.360 e. The second-order valence-corrected chi connectivity index (χ2v) is 12.4. The molecule has 1 aromatic heterocycles. The fourth-order valence-electron chi connectivity index (χ4n) is 8.17. The average Bonchev–Trinajstić information content (AvgIpc) is 2.92. The maximum atomic E-state index is 14.0. The molecule has 2 saturated heterocycles. The van der Waals surface area contributed by atoms with Crippen molar-refractivity contribution in [3.8, 4) is 0 Å². The highest BCUT2D eigenvalue weighted by Gasteiger charge is 2.45. The number of hydrogen-bond acceptors (Lipinski definition) is 7. The van der Waals surface area contributed by atoms with Crippen molar-refractivity contribution in [3.63, 3.8) is 0 Å². The van der Waals surface area contributed by atoms with Gasteiger partial charge >= 0.3 is 5.97 Å². The Bertz CT molecular complexity index is 1360. The quantitative estimate of drug-likeness (QED) is 0.397. The molecule has 1 aromatic carbocycles. The van der Waals surface area contributed by atoms with Crippen molar-refractivity contribution in [2.45, 2.75) is 108 Å². The lowest BCUT2D eigenvalue weighted by Crippen LogP contribution is -2.58. The van der Waals surface area contributed by atoms with Crippen LogP contribution in [0.15, 0.2) is 34.2 Å². The zero-order valence-corrected chi connectivity index (χ0v) is 23.1. The summed E-state index contributed by atoms with van der Waals surface area (Å²) in [5.41, 5.74) is 5.01. The number of oxime groups is 1. The third kappa shape index (κ3) is 5.02. The van der Waals surface area contributed by atoms with Crippen molar-refractivity contribution in [1.82, 2.24) is 14.5 Å². The van der Waals surface area contributed by atoms with Gasteiger partial charge in [-0.2, -0.15) is 0 Å². The Morgan fingerprint density at radius 1 is 0.975 bits per heavy atom. The van der Waals surface area contributed by atoms with E-state index in [0.717, 1.165) is 37.5 Å². The molecule has 4 bridgehead atoms. The normalized spacial score (nSPS) is 31.5. The molecular formula is C30H39N5O5. The van der Waals surface area contributed by atoms with Crippen LogP contribution in [0, 0.1) is 11.8 Å². The molecule has 2 aliphatic carbocycles. The zero-order valence-electron chi connectivity index (χ0n) is 23.1. The molecule has 0 radical (unpaired) electrons. The summed E-state index contributed by atoms with van der Waals surface area (Å²) in [6.45, 7) is 1.36. The average molecular weight is 550 g/mol. The number of benzene rings is 1. The van der Waals surface area contributed by atoms with Gasteiger partial charge in [0.2, 0.25) is 11.8 Å². The molecule has 3 heterocycles. The first-order valence-corrected chi connectivity index (χ1v) is 14.9. The SMILES string of the molecule is CC(ON=C(C(=O)O)c1nc2ccccc2n(C2C[C@H]3CCC[C@@H](C2)N3C2CC3CCCC(C3)C2)c1=O)C(N)=O. The molecule has 1 amide bonds. The van der Waals surface area contributed by atoms with Crippen molar-refractivity contribution in [2.24, 2.45) is 22.7 Å². The number of aromatic nitrogens is 2. The van der Waals surface area contributed by atoms with Crippen molar-refractivity contribution in [3.05, 3.63) is 40.3 Å². The number of hydrogen-bond donors (Lipinski definition) is 2. The first-order valence-electron chi connectivity index (χ1n) is 14.9. The summed E-state index contributed by atoms with van der Waals surface area (Å²) in [6.07, 6.45) is 12.1. The highest BCUT2D eigenvalue weighted by atomic mass is 16.6. The van der Waals surface area contributed by atoms with Gasteiger partial charge in [0.25, 0.3) is 11.5 Å². The Morgan fingerprint density at radius 2 is 1.62 bits per heavy atom. The van der Waals surface area contributed by atoms with E-state index in [1.807, 2.05) is 18.2 Å². The first-order chi connectivity index (χ1) is 19.3. The fraction of sp³-hybridized carbons (Fsp3) is 0.633. The number of nitrogens with two attached hydrogens (primary N) is 1. The molecule has 0 spiro atoms. The standard InChI is InChI=1S/C30H39N5O5/c1-17(28(31)36)40-33-27(30(38)39)26-29(37)35(25-11-3-2-10-24(25)32-26)23-15-20-8-5-9-21(16-23)34(20)22-13-18-6-4-7-19(12-18)14-22/h2-3,10-11,17-23H,4-9,12-16H2,1H3,(H2,31,36)(H,38,39)/t17?,18?,19?,20-,21+,22?,23?. The van der Waals surface area contributed by atoms with Crippen LogP contribution >= 0.6 is 0 Å². The summed E-state index contributed by atoms with van der Waals surface area (Å²) in [4.78, 5) is 49.9. The van der Waals surface area contributed by atoms with Crippen LogP contribution in [0.5, 0.6) is 0 Å². The maximum absolute atomic E-state index is 14.0. The summed E-state index contributed by atoms with van der Waals surface area (Å²) in [7, 11) is 0. The van der Waals surface area contributed by atoms with Crippen LogP contribution in [-0.2, 0) is 14.4 Å². The molecule has 3 N–H and O–H groups in total. The predicted molar refractivity (Wildman–Crippen MR) is 150 cm³/mol. The lowest BCUT2D eigenvalue weighted by atomic mass is 9.68. The van der Waals surface area contributed by atoms with Gasteiger partial charge < -0.3 is 20.2 Å². The number of nitrogens with zero attached hydrogens (tertiary/aromatic N) is 4. The summed E-state index contributed by atoms with van der Waals surface area (Å²) in [5, 5.41) is 13.6. The minimum absolute atomic E-state index is 0.0747. The number of amides is 1. The Hall–Kier alpha value is -3.27. The highest BCUT2D eigenvalue weighted by molar-refractivity contribution is 6.41. The Labute approximate surface area is 233 Å². The molecule has 6 atom stereocenters. The van der Waals surface area contributed by atoms with Gasteiger partial charge in [-0.15, -0.1) is 0 Å². The van der Waals surface area contributed by atoms with Crippen LogP contribution in [0.1, 0.15) is 89.3 Å². The van der Waals surface area contributed by atoms with E-state index in [1.54, 1.807) is 10.6 Å². The molecule has 4 fully saturated rings. The summed E-state index contributed by atoms with van der Waals surface area (Å²) in [6, 6.07) is 8.73. The van der Waals surface area contributed by atoms with Crippen molar-refractivity contribution < 1.29 is 19.5 Å². The van der Waals surface area contributed by atoms with Gasteiger partial charge in [0, 0.05) is 24.2 Å². The molecule has 6 rings (SSSR count). The predicted octanol–water partition coefficient (Wildman–Crippen LogP) is 3.60. The molecule has 4 aliphatic rings. The fourth-order valence-corrected chi connectivity index (χ4v) is 8.17. The van der Waals surface area contributed by atoms with Crippen LogP contribution in [0.2, 0.25) is 0 Å². The topological polar surface area (TPSA) is 140 Å². The number of carboxylic acids is 1. The van der Waals surface area contributed by atoms with Gasteiger partial charge in [-0.25, -0.2) is 9.78 Å². The largest absolute Gasteiger partial charge is 0.476 e. The number of para-hydroxylation sites is 2. The molecule has 10 nitrogen and oxygen atoms in total. The number of carbonyl (C=O) groups is 2. The zero-order chi connectivity index (χ0) is 28.0. The number of primary amides is 1. The number of piperidine rings is 2. The summed E-state index contributed by atoms with van der Waals surface area (Å²) >= 11 is 0. The van der Waals surface area contributed by atoms with Crippen LogP contribution in [0.4, 0.5) is 0 Å². The molecule has 2 aliphatic heterocycles. The van der Waals surface area contributed by atoms with Crippen LogP contribution in [0.25, 0.3) is 11.0 Å². The maximum Gasteiger partial charge on any atom is 0.360 e. The second kappa shape index (κ2) is 11.0. The van der Waals surface area contributed by atoms with Gasteiger partial charge in [-0.1, -0.05) is 43.0 Å². The first kappa shape index (κ1) is 26.9. The van der Waals surface area contributed by atoms with Gasteiger partial charge in [-0.3, -0.25) is 14.5 Å². The van der Waals surface area contributed by atoms with Crippen molar-refractivity contribution in [2.75, 3.05) is 0 Å². The van der Waals surface area contributed by atoms with Gasteiger partial charge in [-0.05, 0) is 75.8 Å². The van der Waals surface area contributed by atoms with Crippen molar-refractivity contribution in [1.29, 1.82) is 0 Å². The monoisotopic (exact) mass is 549 g/mol. The third-order valence-electron chi connectivity index (χ3n) is 9.82. The summed E-state index contributed by atoms with van der Waals surface area (Å²) in [5.74, 6) is -0.535. The molecule has 2 aromatic rings. The van der Waals surface area contributed by atoms with Crippen LogP contribution in [-0.4, -0.2) is 61.4 Å². The molecule has 214 valence electrons. The van der Waals surface area contributed by atoms with E-state index < -0.39 is 29.3 Å². The van der Waals surface area contributed by atoms with Gasteiger partial charge in [0.1, 0.15) is 0 Å². The van der Waals surface area contributed by atoms with E-state index in [2.05, 4.69) is 15.0 Å². The minimum atomic E-state index is -1.46. The molecular weight excluding hydrogens is 510 g/mol. The van der Waals surface area contributed by atoms with E-state index in [1.165, 1.54) is 51.9 Å². The Balaban J connectivity index is 1.36. The highest BCUT2D eigenvalue weighted by Crippen LogP contribution is 2.47. The van der Waals surface area contributed by atoms with E-state index in [4.69, 9.17) is 10.6 Å². The minimum Gasteiger partial charge on any atom is -0.476 e. The number of rotatable bonds is 7. The van der Waals surface area contributed by atoms with Crippen LogP contribution in [0.3, 0.4) is 0 Å². The van der Waals surface area contributed by atoms with Gasteiger partial charge in [0.05, 0.1) is 11.0 Å². The lowest BCUT2D eigenvalue weighted by molar-refractivity contribution is -0.131. The Kier molecular flexibility index (Phi) is 7.37. The second-order valence-electron chi connectivity index (χ2n) is 12.4. The van der Waals surface area contributed by atoms with E-state index in [-0.39, 0.29) is 11.7 Å². The number of carbonyl (C=O) groups excluding carboxylic acids is 1. The van der Waals surface area contributed by atoms with E-state index in [9.17, 15) is 19.5 Å². The van der Waals surface area contributed by atoms with Crippen LogP contribution < -0.4 is 11.3 Å². The van der Waals surface area contributed by atoms with Crippen molar-refractivity contribution >= 4 is 28.6 Å². The molecule has 40 heavy (non-hydrogen) atoms. The molecule has 4 unspecified atom stereocenters. The summed E-state index contributed by atoms with van der Waals surface area (Å²) < 4.78 is 1.76. The molecule has 10 heteroatoms. The van der Waals surface area contributed by atoms with E-state index in [0.29, 0.717) is 29.2 Å². The Morgan fingerprint density at radius 3 is 2.27 bits per heavy atom. The number of aliphatic carboxylic acids is 1. The van der Waals surface area contributed by atoms with E-state index >= 15 is 0 Å². The number of fused-ring (bicyclic) bond motifs is 5. The third-order valence-corrected chi connectivity index (χ3v) is 9.82. The van der Waals surface area contributed by atoms with Gasteiger partial charge in [0.15, 0.2) is 5.69 Å². The lowest BCUT2D eigenvalue weighted by Gasteiger charge is -2.55.